The van der Waals surface area contributed by atoms with Gasteiger partial charge < -0.3 is 16.8 Å². The maximum Gasteiger partial charge on any atom is 0.280 e. The molecular weight excluding hydrogens is 406 g/mol. The molecule has 1 aliphatic heterocycles. The van der Waals surface area contributed by atoms with Crippen LogP contribution in [0.1, 0.15) is 41.7 Å². The number of nitrogen functional groups attached to an aromatic ring is 2. The molecule has 0 aliphatic carbocycles. The third kappa shape index (κ3) is 5.90. The number of Topliss-reactive ketones (excluding diaryl/α,β-unsaturated/α-hetero) is 1. The Hall–Kier alpha value is -3.20. The van der Waals surface area contributed by atoms with Gasteiger partial charge in [-0.1, -0.05) is 48.4 Å². The molecule has 3 rings (SSSR count). The number of aromatic nitrogens is 2. The van der Waals surface area contributed by atoms with Crippen molar-refractivity contribution < 1.29 is 9.59 Å². The Morgan fingerprint density at radius 1 is 1.13 bits per heavy atom. The van der Waals surface area contributed by atoms with Gasteiger partial charge >= 0.3 is 0 Å². The van der Waals surface area contributed by atoms with Crippen molar-refractivity contribution in [1.82, 2.24) is 20.6 Å². The number of unbranched alkanes of at least 4 members (excludes halogenated alkanes) is 1. The Bertz CT molecular complexity index is 950. The number of guanidine groups is 1. The molecule has 0 fully saturated rings. The Kier molecular flexibility index (Phi) is 7.18. The van der Waals surface area contributed by atoms with Crippen molar-refractivity contribution in [3.05, 3.63) is 46.7 Å². The number of benzene rings is 1. The predicted molar refractivity (Wildman–Crippen MR) is 116 cm³/mol. The molecule has 0 saturated heterocycles. The molecule has 2 heterocycles. The molecule has 0 spiro atoms. The summed E-state index contributed by atoms with van der Waals surface area (Å²) in [6, 6.07) is 9.84. The highest BCUT2D eigenvalue weighted by molar-refractivity contribution is 6.31. The summed E-state index contributed by atoms with van der Waals surface area (Å²) in [6.45, 7) is 0.539. The van der Waals surface area contributed by atoms with Gasteiger partial charge in [-0.15, -0.1) is 0 Å². The van der Waals surface area contributed by atoms with Crippen molar-refractivity contribution in [2.45, 2.75) is 38.1 Å². The second-order valence-electron chi connectivity index (χ2n) is 7.07. The lowest BCUT2D eigenvalue weighted by atomic mass is 10.0. The quantitative estimate of drug-likeness (QED) is 0.467. The first kappa shape index (κ1) is 21.5. The molecule has 0 unspecified atom stereocenters. The molecule has 30 heavy (non-hydrogen) atoms. The Morgan fingerprint density at radius 2 is 1.90 bits per heavy atom. The molecule has 0 saturated carbocycles. The number of aliphatic imine (C=N–C) groups is 1. The molecule has 0 bridgehead atoms. The molecule has 158 valence electrons. The maximum atomic E-state index is 12.3. The number of nitrogens with zero attached hydrogens (tertiary/aromatic N) is 3. The monoisotopic (exact) mass is 429 g/mol. The van der Waals surface area contributed by atoms with Crippen molar-refractivity contribution in [1.29, 1.82) is 0 Å². The third-order valence-corrected chi connectivity index (χ3v) is 4.94. The lowest BCUT2D eigenvalue weighted by Gasteiger charge is -2.12. The molecule has 9 nitrogen and oxygen atoms in total. The van der Waals surface area contributed by atoms with Gasteiger partial charge in [-0.05, 0) is 18.4 Å². The number of halogens is 1. The fourth-order valence-corrected chi connectivity index (χ4v) is 3.25. The van der Waals surface area contributed by atoms with Crippen molar-refractivity contribution in [3.63, 3.8) is 0 Å². The molecule has 2 aromatic rings. The van der Waals surface area contributed by atoms with E-state index in [2.05, 4.69) is 25.6 Å². The average molecular weight is 430 g/mol. The van der Waals surface area contributed by atoms with Gasteiger partial charge in [0, 0.05) is 18.9 Å². The van der Waals surface area contributed by atoms with Crippen LogP contribution in [0.5, 0.6) is 0 Å². The van der Waals surface area contributed by atoms with Crippen LogP contribution in [0, 0.1) is 0 Å². The van der Waals surface area contributed by atoms with Crippen LogP contribution in [0.15, 0.2) is 35.3 Å². The van der Waals surface area contributed by atoms with Gasteiger partial charge in [-0.25, -0.2) is 9.97 Å². The van der Waals surface area contributed by atoms with Crippen LogP contribution in [0.4, 0.5) is 11.6 Å². The number of nitrogens with one attached hydrogen (secondary N) is 2. The van der Waals surface area contributed by atoms with Crippen molar-refractivity contribution >= 4 is 40.9 Å². The zero-order chi connectivity index (χ0) is 21.5. The standard InChI is InChI=1S/C20H24ClN7O2/c21-16-18(23)27-17(22)15(26-16)19(30)28-20-24-11-13(25-20)8-4-5-9-14(29)10-12-6-2-1-3-7-12/h1-3,6-7,13H,4-5,8-11H2,(H4,22,23,27)(H2,24,25,28,30)/t13-/m0/s1. The summed E-state index contributed by atoms with van der Waals surface area (Å²) < 4.78 is 0. The highest BCUT2D eigenvalue weighted by Gasteiger charge is 2.22. The minimum Gasteiger partial charge on any atom is -0.382 e. The van der Waals surface area contributed by atoms with Crippen LogP contribution in [0.2, 0.25) is 5.15 Å². The Labute approximate surface area is 179 Å². The van der Waals surface area contributed by atoms with Gasteiger partial charge in [-0.2, -0.15) is 0 Å². The Balaban J connectivity index is 1.37. The SMILES string of the molecule is Nc1nc(N)c(C(=O)NC2=NC[C@H](CCCCC(=O)Cc3ccccc3)N2)nc1Cl. The van der Waals surface area contributed by atoms with E-state index in [0.29, 0.717) is 25.3 Å². The van der Waals surface area contributed by atoms with E-state index in [0.717, 1.165) is 24.8 Å². The second-order valence-corrected chi connectivity index (χ2v) is 7.42. The molecule has 1 aromatic heterocycles. The molecule has 1 amide bonds. The van der Waals surface area contributed by atoms with Crippen LogP contribution < -0.4 is 22.1 Å². The van der Waals surface area contributed by atoms with Crippen LogP contribution in [-0.2, 0) is 11.2 Å². The van der Waals surface area contributed by atoms with E-state index in [9.17, 15) is 9.59 Å². The summed E-state index contributed by atoms with van der Waals surface area (Å²) in [5, 5.41) is 5.68. The molecule has 1 aliphatic rings. The minimum absolute atomic E-state index is 0.0376. The minimum atomic E-state index is -0.569. The van der Waals surface area contributed by atoms with E-state index in [-0.39, 0.29) is 34.3 Å². The predicted octanol–water partition coefficient (Wildman–Crippen LogP) is 1.72. The number of rotatable bonds is 8. The van der Waals surface area contributed by atoms with Gasteiger partial charge in [-0.3, -0.25) is 19.9 Å². The van der Waals surface area contributed by atoms with Gasteiger partial charge in [0.2, 0.25) is 0 Å². The number of ketones is 1. The number of hydrogen-bond donors (Lipinski definition) is 4. The van der Waals surface area contributed by atoms with E-state index >= 15 is 0 Å². The first-order valence-corrected chi connectivity index (χ1v) is 10.1. The fourth-order valence-electron chi connectivity index (χ4n) is 3.13. The van der Waals surface area contributed by atoms with Gasteiger partial charge in [0.05, 0.1) is 6.54 Å². The highest BCUT2D eigenvalue weighted by atomic mass is 35.5. The van der Waals surface area contributed by atoms with E-state index in [1.54, 1.807) is 0 Å². The number of anilines is 2. The molecule has 1 aromatic carbocycles. The number of amides is 1. The largest absolute Gasteiger partial charge is 0.382 e. The van der Waals surface area contributed by atoms with Crippen molar-refractivity contribution in [2.75, 3.05) is 18.0 Å². The van der Waals surface area contributed by atoms with Gasteiger partial charge in [0.15, 0.2) is 28.4 Å². The van der Waals surface area contributed by atoms with E-state index in [1.807, 2.05) is 30.3 Å². The van der Waals surface area contributed by atoms with Crippen LogP contribution in [0.3, 0.4) is 0 Å². The third-order valence-electron chi connectivity index (χ3n) is 4.66. The number of hydrogen-bond acceptors (Lipinski definition) is 8. The molecular formula is C20H24ClN7O2. The summed E-state index contributed by atoms with van der Waals surface area (Å²) in [5.74, 6) is -0.126. The molecule has 0 radical (unpaired) electrons. The Morgan fingerprint density at radius 3 is 2.67 bits per heavy atom. The smallest absolute Gasteiger partial charge is 0.280 e. The first-order valence-electron chi connectivity index (χ1n) is 9.69. The summed E-state index contributed by atoms with van der Waals surface area (Å²) in [5.41, 5.74) is 12.1. The second kappa shape index (κ2) is 10.0. The first-order chi connectivity index (χ1) is 14.4. The zero-order valence-corrected chi connectivity index (χ0v) is 17.2. The molecule has 1 atom stereocenters. The van der Waals surface area contributed by atoms with E-state index < -0.39 is 5.91 Å². The average Bonchev–Trinajstić information content (AvgIpc) is 3.16. The maximum absolute atomic E-state index is 12.3. The summed E-state index contributed by atoms with van der Waals surface area (Å²) >= 11 is 5.80. The number of carbonyl (C=O) groups is 2. The topological polar surface area (TPSA) is 148 Å². The lowest BCUT2D eigenvalue weighted by Crippen LogP contribution is -2.42. The zero-order valence-electron chi connectivity index (χ0n) is 16.4. The summed E-state index contributed by atoms with van der Waals surface area (Å²) in [7, 11) is 0. The number of nitrogens with two attached hydrogens (primary N) is 2. The fraction of sp³-hybridized carbons (Fsp3) is 0.350. The number of carbonyl (C=O) groups excluding carboxylic acids is 2. The van der Waals surface area contributed by atoms with Crippen LogP contribution in [-0.4, -0.2) is 40.2 Å². The van der Waals surface area contributed by atoms with E-state index in [4.69, 9.17) is 23.1 Å². The van der Waals surface area contributed by atoms with Crippen LogP contribution in [0.25, 0.3) is 0 Å². The highest BCUT2D eigenvalue weighted by Crippen LogP contribution is 2.17. The molecule has 6 N–H and O–H groups in total. The van der Waals surface area contributed by atoms with Gasteiger partial charge in [0.1, 0.15) is 5.78 Å². The summed E-state index contributed by atoms with van der Waals surface area (Å²) in [4.78, 5) is 36.3. The lowest BCUT2D eigenvalue weighted by molar-refractivity contribution is -0.118. The van der Waals surface area contributed by atoms with Crippen molar-refractivity contribution in [2.24, 2.45) is 4.99 Å². The van der Waals surface area contributed by atoms with Crippen molar-refractivity contribution in [3.8, 4) is 0 Å². The molecule has 10 heteroatoms. The van der Waals surface area contributed by atoms with E-state index in [1.165, 1.54) is 0 Å². The summed E-state index contributed by atoms with van der Waals surface area (Å²) in [6.07, 6.45) is 3.59. The van der Waals surface area contributed by atoms with Gasteiger partial charge in [0.25, 0.3) is 5.91 Å². The normalized spacial score (nSPS) is 15.4. The van der Waals surface area contributed by atoms with Crippen LogP contribution >= 0.6 is 11.6 Å².